The Kier molecular flexibility index (Phi) is 7.59. The van der Waals surface area contributed by atoms with Crippen molar-refractivity contribution in [3.05, 3.63) is 42.2 Å². The molecule has 1 fully saturated rings. The first kappa shape index (κ1) is 22.9. The molecule has 4 rings (SSSR count). The minimum Gasteiger partial charge on any atom is -0.394 e. The second kappa shape index (κ2) is 10.6. The van der Waals surface area contributed by atoms with Crippen LogP contribution in [0.4, 0.5) is 5.82 Å². The lowest BCUT2D eigenvalue weighted by Gasteiger charge is -2.17. The van der Waals surface area contributed by atoms with Crippen molar-refractivity contribution in [1.82, 2.24) is 19.5 Å². The van der Waals surface area contributed by atoms with E-state index in [0.717, 1.165) is 25.0 Å². The van der Waals surface area contributed by atoms with Gasteiger partial charge < -0.3 is 25.4 Å². The Labute approximate surface area is 190 Å². The first-order valence-corrected chi connectivity index (χ1v) is 11.9. The van der Waals surface area contributed by atoms with Gasteiger partial charge in [-0.1, -0.05) is 55.4 Å². The van der Waals surface area contributed by atoms with Crippen LogP contribution in [0, 0.1) is 0 Å². The van der Waals surface area contributed by atoms with Crippen LogP contribution in [0.3, 0.4) is 0 Å². The van der Waals surface area contributed by atoms with Crippen LogP contribution in [-0.4, -0.2) is 72.1 Å². The highest BCUT2D eigenvalue weighted by Crippen LogP contribution is 2.33. The summed E-state index contributed by atoms with van der Waals surface area (Å²) in [6.45, 7) is 2.43. The van der Waals surface area contributed by atoms with Gasteiger partial charge in [0.1, 0.15) is 18.3 Å². The average molecular weight is 460 g/mol. The summed E-state index contributed by atoms with van der Waals surface area (Å²) in [5, 5.41) is 34.0. The minimum absolute atomic E-state index is 0.388. The van der Waals surface area contributed by atoms with Gasteiger partial charge in [-0.15, -0.1) is 0 Å². The highest BCUT2D eigenvalue weighted by atomic mass is 32.2. The van der Waals surface area contributed by atoms with Gasteiger partial charge in [-0.3, -0.25) is 4.57 Å². The van der Waals surface area contributed by atoms with Crippen molar-refractivity contribution in [2.45, 2.75) is 55.9 Å². The molecule has 10 heteroatoms. The van der Waals surface area contributed by atoms with Gasteiger partial charge >= 0.3 is 0 Å². The number of unbranched alkanes of at least 4 members (excludes halogenated alkanes) is 1. The molecule has 0 radical (unpaired) electrons. The van der Waals surface area contributed by atoms with Crippen molar-refractivity contribution < 1.29 is 20.1 Å². The molecule has 1 saturated heterocycles. The van der Waals surface area contributed by atoms with Crippen molar-refractivity contribution in [2.24, 2.45) is 0 Å². The number of nitrogens with one attached hydrogen (secondary N) is 1. The molecule has 172 valence electrons. The molecular weight excluding hydrogens is 430 g/mol. The van der Waals surface area contributed by atoms with E-state index in [-0.39, 0.29) is 6.61 Å². The maximum absolute atomic E-state index is 10.5. The smallest absolute Gasteiger partial charge is 0.191 e. The number of anilines is 1. The zero-order chi connectivity index (χ0) is 22.5. The van der Waals surface area contributed by atoms with Crippen LogP contribution in [0.5, 0.6) is 0 Å². The van der Waals surface area contributed by atoms with Crippen molar-refractivity contribution in [3.63, 3.8) is 0 Å². The number of hydrogen-bond acceptors (Lipinski definition) is 9. The number of fused-ring (bicyclic) bond motifs is 1. The Morgan fingerprint density at radius 2 is 1.97 bits per heavy atom. The third kappa shape index (κ3) is 4.89. The van der Waals surface area contributed by atoms with Gasteiger partial charge in [-0.25, -0.2) is 15.0 Å². The molecule has 2 aromatic heterocycles. The van der Waals surface area contributed by atoms with E-state index in [0.29, 0.717) is 28.7 Å². The van der Waals surface area contributed by atoms with E-state index in [1.54, 1.807) is 16.3 Å². The van der Waals surface area contributed by atoms with Crippen LogP contribution in [0.2, 0.25) is 0 Å². The van der Waals surface area contributed by atoms with Crippen LogP contribution in [0.25, 0.3) is 11.2 Å². The summed E-state index contributed by atoms with van der Waals surface area (Å²) in [6.07, 6.45) is 0.345. The van der Waals surface area contributed by atoms with Crippen LogP contribution < -0.4 is 5.32 Å². The topological polar surface area (TPSA) is 126 Å². The third-order valence-corrected chi connectivity index (χ3v) is 6.40. The lowest BCUT2D eigenvalue weighted by Crippen LogP contribution is -2.33. The molecular formula is C22H29N5O4S. The Morgan fingerprint density at radius 1 is 1.16 bits per heavy atom. The van der Waals surface area contributed by atoms with E-state index < -0.39 is 24.5 Å². The molecule has 1 aromatic carbocycles. The fourth-order valence-corrected chi connectivity index (χ4v) is 4.58. The van der Waals surface area contributed by atoms with Gasteiger partial charge in [0, 0.05) is 12.3 Å². The van der Waals surface area contributed by atoms with Gasteiger partial charge in [0.15, 0.2) is 28.4 Å². The lowest BCUT2D eigenvalue weighted by atomic mass is 10.1. The van der Waals surface area contributed by atoms with E-state index >= 15 is 0 Å². The van der Waals surface area contributed by atoms with Crippen LogP contribution in [0.15, 0.2) is 41.8 Å². The summed E-state index contributed by atoms with van der Waals surface area (Å²) in [4.78, 5) is 13.8. The second-order valence-electron chi connectivity index (χ2n) is 7.77. The van der Waals surface area contributed by atoms with Gasteiger partial charge in [0.25, 0.3) is 0 Å². The molecule has 0 amide bonds. The summed E-state index contributed by atoms with van der Waals surface area (Å²) in [5.41, 5.74) is 2.30. The number of rotatable bonds is 10. The van der Waals surface area contributed by atoms with Crippen molar-refractivity contribution in [2.75, 3.05) is 24.2 Å². The van der Waals surface area contributed by atoms with Gasteiger partial charge in [-0.2, -0.15) is 0 Å². The number of aromatic nitrogens is 4. The van der Waals surface area contributed by atoms with Gasteiger partial charge in [0.05, 0.1) is 12.9 Å². The molecule has 32 heavy (non-hydrogen) atoms. The molecule has 1 aliphatic heterocycles. The number of benzene rings is 1. The summed E-state index contributed by atoms with van der Waals surface area (Å²) >= 11 is 1.57. The van der Waals surface area contributed by atoms with Crippen LogP contribution >= 0.6 is 11.8 Å². The standard InChI is InChI=1S/C22H29N5O4S/c1-2-3-11-32-22-25-19(23-10-9-14-7-5-4-6-8-14)16-20(26-22)27(13-24-16)21-18(30)17(29)15(12-28)31-21/h4-8,13,15,17-18,21,28-30H,2-3,9-12H2,1H3,(H,23,25,26)/t15-,17-,18-,21-/m1/s1. The van der Waals surface area contributed by atoms with E-state index in [1.165, 1.54) is 11.9 Å². The average Bonchev–Trinajstić information content (AvgIpc) is 3.35. The number of ether oxygens (including phenoxy) is 1. The second-order valence-corrected chi connectivity index (χ2v) is 8.83. The molecule has 3 aromatic rings. The number of thioether (sulfide) groups is 1. The Morgan fingerprint density at radius 3 is 2.69 bits per heavy atom. The molecule has 0 saturated carbocycles. The maximum atomic E-state index is 10.5. The number of imidazole rings is 1. The molecule has 0 aliphatic carbocycles. The van der Waals surface area contributed by atoms with E-state index in [4.69, 9.17) is 4.74 Å². The van der Waals surface area contributed by atoms with Crippen molar-refractivity contribution in [1.29, 1.82) is 0 Å². The highest BCUT2D eigenvalue weighted by molar-refractivity contribution is 7.99. The molecule has 4 N–H and O–H groups in total. The van der Waals surface area contributed by atoms with E-state index in [2.05, 4.69) is 39.3 Å². The fourth-order valence-electron chi connectivity index (χ4n) is 3.66. The quantitative estimate of drug-likeness (QED) is 0.205. The molecule has 0 unspecified atom stereocenters. The predicted octanol–water partition coefficient (Wildman–Crippen LogP) is 1.98. The van der Waals surface area contributed by atoms with E-state index in [9.17, 15) is 15.3 Å². The third-order valence-electron chi connectivity index (χ3n) is 5.47. The first-order chi connectivity index (χ1) is 15.6. The molecule has 3 heterocycles. The Hall–Kier alpha value is -2.24. The number of hydrogen-bond donors (Lipinski definition) is 4. The van der Waals surface area contributed by atoms with Crippen LogP contribution in [0.1, 0.15) is 31.6 Å². The molecule has 0 bridgehead atoms. The zero-order valence-corrected chi connectivity index (χ0v) is 18.8. The largest absolute Gasteiger partial charge is 0.394 e. The summed E-state index contributed by atoms with van der Waals surface area (Å²) in [7, 11) is 0. The number of aliphatic hydroxyl groups is 3. The Bertz CT molecular complexity index is 1020. The normalized spacial score (nSPS) is 23.1. The minimum atomic E-state index is -1.20. The van der Waals surface area contributed by atoms with Crippen LogP contribution in [-0.2, 0) is 11.2 Å². The fraction of sp³-hybridized carbons (Fsp3) is 0.500. The van der Waals surface area contributed by atoms with E-state index in [1.807, 2.05) is 18.2 Å². The molecule has 9 nitrogen and oxygen atoms in total. The highest BCUT2D eigenvalue weighted by Gasteiger charge is 2.44. The number of aliphatic hydroxyl groups excluding tert-OH is 3. The van der Waals surface area contributed by atoms with Gasteiger partial charge in [-0.05, 0) is 18.4 Å². The van der Waals surface area contributed by atoms with Crippen molar-refractivity contribution in [3.8, 4) is 0 Å². The molecule has 1 aliphatic rings. The SMILES string of the molecule is CCCCSc1nc(NCCc2ccccc2)c2ncn([C@@H]3O[C@H](CO)[C@@H](O)[C@H]3O)c2n1. The van der Waals surface area contributed by atoms with Crippen molar-refractivity contribution >= 4 is 28.7 Å². The monoisotopic (exact) mass is 459 g/mol. The Balaban J connectivity index is 1.61. The summed E-state index contributed by atoms with van der Waals surface area (Å²) in [6, 6.07) is 10.2. The maximum Gasteiger partial charge on any atom is 0.191 e. The molecule has 4 atom stereocenters. The van der Waals surface area contributed by atoms with Gasteiger partial charge in [0.2, 0.25) is 0 Å². The predicted molar refractivity (Wildman–Crippen MR) is 123 cm³/mol. The summed E-state index contributed by atoms with van der Waals surface area (Å²) < 4.78 is 7.29. The summed E-state index contributed by atoms with van der Waals surface area (Å²) in [5.74, 6) is 1.52. The lowest BCUT2D eigenvalue weighted by molar-refractivity contribution is -0.0511. The zero-order valence-electron chi connectivity index (χ0n) is 18.0. The molecule has 0 spiro atoms. The number of nitrogens with zero attached hydrogens (tertiary/aromatic N) is 4. The first-order valence-electron chi connectivity index (χ1n) is 10.9.